The number of hydrogen-bond donors (Lipinski definition) is 0. The van der Waals surface area contributed by atoms with Gasteiger partial charge in [0, 0.05) is 33.8 Å². The summed E-state index contributed by atoms with van der Waals surface area (Å²) in [5, 5.41) is 11.2. The quantitative estimate of drug-likeness (QED) is 0.205. The third kappa shape index (κ3) is 4.92. The van der Waals surface area contributed by atoms with Crippen molar-refractivity contribution in [3.8, 4) is 22.6 Å². The molecule has 5 nitrogen and oxygen atoms in total. The summed E-state index contributed by atoms with van der Waals surface area (Å²) < 4.78 is 8.64. The van der Waals surface area contributed by atoms with Crippen LogP contribution in [0.1, 0.15) is 5.56 Å². The number of nitrogens with zero attached hydrogens (tertiary/aromatic N) is 4. The third-order valence-corrected chi connectivity index (χ3v) is 7.05. The molecule has 0 aliphatic heterocycles. The first-order chi connectivity index (χ1) is 16.7. The van der Waals surface area contributed by atoms with E-state index in [1.807, 2.05) is 42.5 Å². The zero-order chi connectivity index (χ0) is 23.3. The van der Waals surface area contributed by atoms with Gasteiger partial charge in [0.2, 0.25) is 0 Å². The molecule has 5 aromatic rings. The molecule has 0 radical (unpaired) electrons. The highest BCUT2D eigenvalue weighted by atomic mass is 79.9. The average molecular weight is 531 g/mol. The molecule has 0 N–H and O–H groups in total. The van der Waals surface area contributed by atoms with Crippen molar-refractivity contribution in [2.75, 3.05) is 13.7 Å². The van der Waals surface area contributed by atoms with Crippen LogP contribution in [0.5, 0.6) is 0 Å². The van der Waals surface area contributed by atoms with Crippen LogP contribution in [0.2, 0.25) is 0 Å². The lowest BCUT2D eigenvalue weighted by Crippen LogP contribution is -2.08. The maximum Gasteiger partial charge on any atom is 0.191 e. The largest absolute Gasteiger partial charge is 0.383 e. The Morgan fingerprint density at radius 2 is 1.74 bits per heavy atom. The number of para-hydroxylation sites is 1. The van der Waals surface area contributed by atoms with Crippen LogP contribution in [-0.2, 0) is 17.0 Å². The van der Waals surface area contributed by atoms with Gasteiger partial charge in [0.25, 0.3) is 0 Å². The van der Waals surface area contributed by atoms with Crippen molar-refractivity contribution in [2.24, 2.45) is 0 Å². The second-order valence-corrected chi connectivity index (χ2v) is 9.67. The Morgan fingerprint density at radius 3 is 2.56 bits per heavy atom. The van der Waals surface area contributed by atoms with E-state index in [4.69, 9.17) is 9.72 Å². The lowest BCUT2D eigenvalue weighted by atomic mass is 10.0. The molecule has 5 rings (SSSR count). The third-order valence-electron chi connectivity index (χ3n) is 5.52. The molecule has 0 amide bonds. The summed E-state index contributed by atoms with van der Waals surface area (Å²) in [6.07, 6.45) is 0. The molecule has 7 heteroatoms. The molecule has 34 heavy (non-hydrogen) atoms. The molecule has 0 aliphatic carbocycles. The minimum atomic E-state index is 0.573. The van der Waals surface area contributed by atoms with Gasteiger partial charge in [-0.1, -0.05) is 88.4 Å². The van der Waals surface area contributed by atoms with Gasteiger partial charge in [-0.3, -0.25) is 4.57 Å². The SMILES string of the molecule is COCCn1c(SCc2cccc(Br)c2)nnc1-c1cc(-c2ccccc2)nc2ccccc12. The van der Waals surface area contributed by atoms with E-state index in [2.05, 4.69) is 73.2 Å². The van der Waals surface area contributed by atoms with E-state index < -0.39 is 0 Å². The van der Waals surface area contributed by atoms with Gasteiger partial charge in [0.1, 0.15) is 0 Å². The van der Waals surface area contributed by atoms with Gasteiger partial charge >= 0.3 is 0 Å². The minimum Gasteiger partial charge on any atom is -0.383 e. The standard InChI is InChI=1S/C27H23BrN4OS/c1-33-15-14-32-26(30-31-27(32)34-18-19-8-7-11-21(28)16-19)23-17-25(20-9-3-2-4-10-20)29-24-13-6-5-12-22(23)24/h2-13,16-17H,14-15,18H2,1H3. The monoisotopic (exact) mass is 530 g/mol. The number of rotatable bonds is 8. The lowest BCUT2D eigenvalue weighted by Gasteiger charge is -2.13. The normalized spacial score (nSPS) is 11.2. The van der Waals surface area contributed by atoms with Crippen LogP contribution >= 0.6 is 27.7 Å². The van der Waals surface area contributed by atoms with Gasteiger partial charge in [0.05, 0.1) is 24.4 Å². The van der Waals surface area contributed by atoms with Crippen LogP contribution < -0.4 is 0 Å². The number of pyridine rings is 1. The van der Waals surface area contributed by atoms with Crippen molar-refractivity contribution in [3.05, 3.63) is 95.0 Å². The Morgan fingerprint density at radius 1 is 0.912 bits per heavy atom. The molecule has 0 atom stereocenters. The number of fused-ring (bicyclic) bond motifs is 1. The van der Waals surface area contributed by atoms with Gasteiger partial charge in [-0.25, -0.2) is 4.98 Å². The molecule has 0 unspecified atom stereocenters. The Bertz CT molecular complexity index is 1420. The molecule has 2 aromatic heterocycles. The molecule has 0 bridgehead atoms. The maximum atomic E-state index is 5.42. The molecule has 0 fully saturated rings. The number of ether oxygens (including phenoxy) is 1. The van der Waals surface area contributed by atoms with Crippen LogP contribution in [0.15, 0.2) is 94.6 Å². The number of halogens is 1. The Hall–Kier alpha value is -3.00. The van der Waals surface area contributed by atoms with Crippen molar-refractivity contribution < 1.29 is 4.74 Å². The lowest BCUT2D eigenvalue weighted by molar-refractivity contribution is 0.185. The summed E-state index contributed by atoms with van der Waals surface area (Å²) in [5.41, 5.74) is 5.16. The number of benzene rings is 3. The van der Waals surface area contributed by atoms with E-state index in [1.54, 1.807) is 18.9 Å². The number of thioether (sulfide) groups is 1. The second-order valence-electron chi connectivity index (χ2n) is 7.81. The van der Waals surface area contributed by atoms with E-state index in [1.165, 1.54) is 5.56 Å². The van der Waals surface area contributed by atoms with E-state index >= 15 is 0 Å². The second kappa shape index (κ2) is 10.5. The topological polar surface area (TPSA) is 52.8 Å². The van der Waals surface area contributed by atoms with Gasteiger partial charge in [-0.05, 0) is 29.8 Å². The molecule has 0 saturated heterocycles. The average Bonchev–Trinajstić information content (AvgIpc) is 3.28. The molecular weight excluding hydrogens is 508 g/mol. The molecule has 0 aliphatic rings. The van der Waals surface area contributed by atoms with Crippen molar-refractivity contribution >= 4 is 38.6 Å². The zero-order valence-electron chi connectivity index (χ0n) is 18.7. The van der Waals surface area contributed by atoms with E-state index in [9.17, 15) is 0 Å². The smallest absolute Gasteiger partial charge is 0.191 e. The summed E-state index contributed by atoms with van der Waals surface area (Å²) in [4.78, 5) is 4.92. The molecule has 2 heterocycles. The first-order valence-corrected chi connectivity index (χ1v) is 12.8. The summed E-state index contributed by atoms with van der Waals surface area (Å²) in [6, 6.07) is 28.9. The highest BCUT2D eigenvalue weighted by Gasteiger charge is 2.18. The van der Waals surface area contributed by atoms with Crippen LogP contribution in [0.3, 0.4) is 0 Å². The Balaban J connectivity index is 1.59. The first-order valence-electron chi connectivity index (χ1n) is 11.0. The van der Waals surface area contributed by atoms with Crippen molar-refractivity contribution in [2.45, 2.75) is 17.5 Å². The Labute approximate surface area is 211 Å². The fourth-order valence-electron chi connectivity index (χ4n) is 3.87. The Kier molecular flexibility index (Phi) is 7.04. The number of aromatic nitrogens is 4. The van der Waals surface area contributed by atoms with Gasteiger partial charge in [-0.15, -0.1) is 10.2 Å². The van der Waals surface area contributed by atoms with Crippen molar-refractivity contribution in [3.63, 3.8) is 0 Å². The van der Waals surface area contributed by atoms with E-state index in [0.717, 1.165) is 48.9 Å². The molecule has 170 valence electrons. The van der Waals surface area contributed by atoms with Gasteiger partial charge in [-0.2, -0.15) is 0 Å². The summed E-state index contributed by atoms with van der Waals surface area (Å²) >= 11 is 5.23. The number of methoxy groups -OCH3 is 1. The summed E-state index contributed by atoms with van der Waals surface area (Å²) in [6.45, 7) is 1.24. The van der Waals surface area contributed by atoms with Gasteiger partial charge < -0.3 is 4.74 Å². The summed E-state index contributed by atoms with van der Waals surface area (Å²) in [5.74, 6) is 1.63. The van der Waals surface area contributed by atoms with Crippen LogP contribution in [0, 0.1) is 0 Å². The molecule has 0 saturated carbocycles. The molecule has 0 spiro atoms. The zero-order valence-corrected chi connectivity index (χ0v) is 21.1. The fourth-order valence-corrected chi connectivity index (χ4v) is 5.22. The van der Waals surface area contributed by atoms with Crippen molar-refractivity contribution in [1.29, 1.82) is 0 Å². The van der Waals surface area contributed by atoms with E-state index in [0.29, 0.717) is 13.2 Å². The van der Waals surface area contributed by atoms with Crippen LogP contribution in [0.4, 0.5) is 0 Å². The van der Waals surface area contributed by atoms with E-state index in [-0.39, 0.29) is 0 Å². The van der Waals surface area contributed by atoms with Crippen molar-refractivity contribution in [1.82, 2.24) is 19.7 Å². The molecule has 3 aromatic carbocycles. The fraction of sp³-hybridized carbons (Fsp3) is 0.148. The summed E-state index contributed by atoms with van der Waals surface area (Å²) in [7, 11) is 1.72. The van der Waals surface area contributed by atoms with Gasteiger partial charge in [0.15, 0.2) is 11.0 Å². The highest BCUT2D eigenvalue weighted by molar-refractivity contribution is 9.10. The molecular formula is C27H23BrN4OS. The minimum absolute atomic E-state index is 0.573. The van der Waals surface area contributed by atoms with Crippen LogP contribution in [0.25, 0.3) is 33.5 Å². The van der Waals surface area contributed by atoms with Crippen LogP contribution in [-0.4, -0.2) is 33.5 Å². The maximum absolute atomic E-state index is 5.42. The first kappa shape index (κ1) is 22.8. The number of hydrogen-bond acceptors (Lipinski definition) is 5. The highest BCUT2D eigenvalue weighted by Crippen LogP contribution is 2.33. The predicted octanol–water partition coefficient (Wildman–Crippen LogP) is 6.86. The predicted molar refractivity (Wildman–Crippen MR) is 142 cm³/mol.